The standard InChI is InChI=1S/C28H36N4O9/c1-6-7-31(11-12(2)3)16-10-17(32(40)41)22(33)19-14(16)8-13-9-15-21(30(4)5)24(35)20(27(29)38)26(37)28(15,39)25(36)18(13)23(19)34/h10,12-13,15,21,33-34,37,39H,6-9,11H2,1-5H3,(H2,29,38)/t13?,15?,21-,28-/m0/s1. The number of phenols is 1. The molecule has 3 aliphatic rings. The van der Waals surface area contributed by atoms with Gasteiger partial charge in [-0.3, -0.25) is 29.4 Å². The highest BCUT2D eigenvalue weighted by Gasteiger charge is 2.64. The van der Waals surface area contributed by atoms with Gasteiger partial charge in [-0.25, -0.2) is 0 Å². The summed E-state index contributed by atoms with van der Waals surface area (Å²) < 4.78 is 0. The maximum atomic E-state index is 14.0. The van der Waals surface area contributed by atoms with Gasteiger partial charge in [0.05, 0.1) is 16.5 Å². The molecule has 6 N–H and O–H groups in total. The fourth-order valence-corrected chi connectivity index (χ4v) is 6.72. The Morgan fingerprint density at radius 3 is 2.39 bits per heavy atom. The molecule has 0 spiro atoms. The van der Waals surface area contributed by atoms with Crippen LogP contribution >= 0.6 is 0 Å². The van der Waals surface area contributed by atoms with E-state index in [0.29, 0.717) is 30.8 Å². The van der Waals surface area contributed by atoms with E-state index >= 15 is 0 Å². The Morgan fingerprint density at radius 2 is 1.88 bits per heavy atom. The molecule has 3 aliphatic carbocycles. The number of rotatable bonds is 8. The number of nitrogens with zero attached hydrogens (tertiary/aromatic N) is 3. The zero-order valence-corrected chi connectivity index (χ0v) is 23.7. The number of ketones is 2. The zero-order chi connectivity index (χ0) is 30.7. The molecule has 4 rings (SSSR count). The molecule has 0 aliphatic heterocycles. The van der Waals surface area contributed by atoms with Crippen LogP contribution in [0.15, 0.2) is 23.0 Å². The molecular formula is C28H36N4O9. The van der Waals surface area contributed by atoms with Crippen LogP contribution in [-0.2, 0) is 20.8 Å². The number of hydrogen-bond donors (Lipinski definition) is 5. The van der Waals surface area contributed by atoms with Crippen LogP contribution in [0.5, 0.6) is 5.75 Å². The van der Waals surface area contributed by atoms with Crippen LogP contribution in [0, 0.1) is 27.9 Å². The number of anilines is 1. The first-order chi connectivity index (χ1) is 19.1. The van der Waals surface area contributed by atoms with E-state index in [1.54, 1.807) is 0 Å². The van der Waals surface area contributed by atoms with E-state index in [-0.39, 0.29) is 29.9 Å². The molecule has 0 aromatic heterocycles. The Labute approximate surface area is 236 Å². The molecule has 4 atom stereocenters. The fourth-order valence-electron chi connectivity index (χ4n) is 6.72. The Morgan fingerprint density at radius 1 is 1.24 bits per heavy atom. The van der Waals surface area contributed by atoms with Gasteiger partial charge in [-0.1, -0.05) is 20.8 Å². The molecule has 1 fully saturated rings. The maximum absolute atomic E-state index is 14.0. The number of carbonyl (C=O) groups is 3. The minimum absolute atomic E-state index is 0.0493. The smallest absolute Gasteiger partial charge is 0.313 e. The van der Waals surface area contributed by atoms with Gasteiger partial charge in [-0.2, -0.15) is 0 Å². The molecule has 0 heterocycles. The second kappa shape index (κ2) is 10.5. The Bertz CT molecular complexity index is 1410. The summed E-state index contributed by atoms with van der Waals surface area (Å²) >= 11 is 0. The van der Waals surface area contributed by atoms with Crippen molar-refractivity contribution in [2.24, 2.45) is 23.5 Å². The molecule has 2 unspecified atom stereocenters. The van der Waals surface area contributed by atoms with Crippen molar-refractivity contribution in [1.82, 2.24) is 4.90 Å². The van der Waals surface area contributed by atoms with Gasteiger partial charge >= 0.3 is 5.69 Å². The third-order valence-corrected chi connectivity index (χ3v) is 8.29. The van der Waals surface area contributed by atoms with Crippen LogP contribution in [-0.4, -0.2) is 86.6 Å². The molecule has 41 heavy (non-hydrogen) atoms. The highest BCUT2D eigenvalue weighted by molar-refractivity contribution is 6.24. The molecular weight excluding hydrogens is 536 g/mol. The summed E-state index contributed by atoms with van der Waals surface area (Å²) in [6.45, 7) is 6.98. The number of nitro benzene ring substituents is 1. The topological polar surface area (TPSA) is 208 Å². The van der Waals surface area contributed by atoms with E-state index in [2.05, 4.69) is 0 Å². The average molecular weight is 573 g/mol. The van der Waals surface area contributed by atoms with Gasteiger partial charge in [0, 0.05) is 36.3 Å². The average Bonchev–Trinajstić information content (AvgIpc) is 2.85. The van der Waals surface area contributed by atoms with Gasteiger partial charge in [0.1, 0.15) is 17.1 Å². The number of likely N-dealkylation sites (N-methyl/N-ethyl adjacent to an activating group) is 1. The number of carbonyl (C=O) groups excluding carboxylic acids is 3. The summed E-state index contributed by atoms with van der Waals surface area (Å²) in [5.74, 6) is -7.93. The molecule has 1 aromatic rings. The lowest BCUT2D eigenvalue weighted by atomic mass is 9.57. The summed E-state index contributed by atoms with van der Waals surface area (Å²) in [5.41, 5.74) is 1.17. The third-order valence-electron chi connectivity index (χ3n) is 8.29. The summed E-state index contributed by atoms with van der Waals surface area (Å²) in [5, 5.41) is 57.1. The Hall–Kier alpha value is -3.97. The second-order valence-corrected chi connectivity index (χ2v) is 11.7. The number of amides is 1. The van der Waals surface area contributed by atoms with E-state index in [4.69, 9.17) is 5.73 Å². The van der Waals surface area contributed by atoms with Crippen LogP contribution in [0.25, 0.3) is 5.76 Å². The lowest BCUT2D eigenvalue weighted by Gasteiger charge is -2.50. The van der Waals surface area contributed by atoms with E-state index in [1.165, 1.54) is 25.1 Å². The number of nitrogens with two attached hydrogens (primary N) is 1. The second-order valence-electron chi connectivity index (χ2n) is 11.7. The highest BCUT2D eigenvalue weighted by atomic mass is 16.6. The van der Waals surface area contributed by atoms with Gasteiger partial charge in [0.2, 0.25) is 11.5 Å². The molecule has 13 nitrogen and oxygen atoms in total. The molecule has 0 saturated heterocycles. The SMILES string of the molecule is CCCN(CC(C)C)c1cc([N+](=O)[O-])c(O)c2c1CC1CC3[C@H](N(C)C)C(=O)C(C(N)=O)=C(O)[C@@]3(O)C(=O)C1=C2O. The predicted octanol–water partition coefficient (Wildman–Crippen LogP) is 1.74. The number of phenolic OH excluding ortho intramolecular Hbond substituents is 1. The van der Waals surface area contributed by atoms with E-state index in [0.717, 1.165) is 0 Å². The number of nitro groups is 1. The summed E-state index contributed by atoms with van der Waals surface area (Å²) in [7, 11) is 3.05. The van der Waals surface area contributed by atoms with E-state index < -0.39 is 74.4 Å². The number of Topliss-reactive ketones (excluding diaryl/α,β-unsaturated/α-hetero) is 2. The minimum atomic E-state index is -2.78. The predicted molar refractivity (Wildman–Crippen MR) is 148 cm³/mol. The summed E-state index contributed by atoms with van der Waals surface area (Å²) in [4.78, 5) is 53.9. The largest absolute Gasteiger partial charge is 0.508 e. The molecule has 1 amide bonds. The number of aliphatic hydroxyl groups is 3. The van der Waals surface area contributed by atoms with Gasteiger partial charge < -0.3 is 31.1 Å². The lowest BCUT2D eigenvalue weighted by molar-refractivity contribution is -0.385. The van der Waals surface area contributed by atoms with Gasteiger partial charge in [0.25, 0.3) is 5.91 Å². The number of primary amides is 1. The first kappa shape index (κ1) is 30.0. The van der Waals surface area contributed by atoms with E-state index in [1.807, 2.05) is 25.7 Å². The fraction of sp³-hybridized carbons (Fsp3) is 0.536. The van der Waals surface area contributed by atoms with Gasteiger partial charge in [-0.15, -0.1) is 0 Å². The number of benzene rings is 1. The monoisotopic (exact) mass is 572 g/mol. The van der Waals surface area contributed by atoms with Crippen molar-refractivity contribution in [3.8, 4) is 5.75 Å². The Kier molecular flexibility index (Phi) is 7.65. The molecule has 1 saturated carbocycles. The normalized spacial score (nSPS) is 25.8. The number of aromatic hydroxyl groups is 1. The number of aliphatic hydroxyl groups excluding tert-OH is 2. The van der Waals surface area contributed by atoms with Gasteiger partial charge in [0.15, 0.2) is 11.4 Å². The van der Waals surface area contributed by atoms with E-state index in [9.17, 15) is 44.9 Å². The van der Waals surface area contributed by atoms with Crippen molar-refractivity contribution in [1.29, 1.82) is 0 Å². The van der Waals surface area contributed by atoms with Crippen LogP contribution < -0.4 is 10.6 Å². The first-order valence-corrected chi connectivity index (χ1v) is 13.5. The third kappa shape index (κ3) is 4.43. The Balaban J connectivity index is 2.02. The van der Waals surface area contributed by atoms with Crippen LogP contribution in [0.2, 0.25) is 0 Å². The van der Waals surface area contributed by atoms with Gasteiger partial charge in [-0.05, 0) is 50.8 Å². The number of fused-ring (bicyclic) bond motifs is 3. The molecule has 0 bridgehead atoms. The summed E-state index contributed by atoms with van der Waals surface area (Å²) in [6.07, 6.45) is 0.690. The molecule has 13 heteroatoms. The van der Waals surface area contributed by atoms with Crippen molar-refractivity contribution in [3.05, 3.63) is 44.2 Å². The quantitative estimate of drug-likeness (QED) is 0.172. The van der Waals surface area contributed by atoms with Crippen LogP contribution in [0.3, 0.4) is 0 Å². The zero-order valence-electron chi connectivity index (χ0n) is 23.7. The first-order valence-electron chi connectivity index (χ1n) is 13.5. The van der Waals surface area contributed by atoms with Crippen LogP contribution in [0.4, 0.5) is 11.4 Å². The van der Waals surface area contributed by atoms with Crippen molar-refractivity contribution in [2.45, 2.75) is 51.7 Å². The maximum Gasteiger partial charge on any atom is 0.313 e. The van der Waals surface area contributed by atoms with Crippen molar-refractivity contribution in [2.75, 3.05) is 32.1 Å². The molecule has 1 aromatic carbocycles. The van der Waals surface area contributed by atoms with Crippen LogP contribution in [0.1, 0.15) is 44.7 Å². The molecule has 222 valence electrons. The lowest BCUT2D eigenvalue weighted by Crippen LogP contribution is -2.65. The van der Waals surface area contributed by atoms with Crippen molar-refractivity contribution < 1.29 is 39.7 Å². The van der Waals surface area contributed by atoms with Crippen molar-refractivity contribution in [3.63, 3.8) is 0 Å². The minimum Gasteiger partial charge on any atom is -0.508 e. The van der Waals surface area contributed by atoms with Crippen molar-refractivity contribution >= 4 is 34.6 Å². The number of hydrogen-bond acceptors (Lipinski definition) is 11. The summed E-state index contributed by atoms with van der Waals surface area (Å²) in [6, 6.07) is 0.0704. The highest BCUT2D eigenvalue weighted by Crippen LogP contribution is 2.55. The molecule has 0 radical (unpaired) electrons.